The molecule has 4 N–H and O–H groups in total. The van der Waals surface area contributed by atoms with Gasteiger partial charge in [0.25, 0.3) is 0 Å². The molecule has 7 nitrogen and oxygen atoms in total. The molecule has 0 spiro atoms. The summed E-state index contributed by atoms with van der Waals surface area (Å²) < 4.78 is 0. The molecular formula is C15H17ClN6O. The largest absolute Gasteiger partial charge is 0.330 e. The number of carbonyl (C=O) groups excluding carboxylic acids is 1. The third kappa shape index (κ3) is 3.52. The summed E-state index contributed by atoms with van der Waals surface area (Å²) in [6, 6.07) is 6.86. The topological polar surface area (TPSA) is 95.1 Å². The van der Waals surface area contributed by atoms with Crippen LogP contribution in [-0.4, -0.2) is 37.5 Å². The number of nitrogens with two attached hydrogens (primary N) is 1. The molecule has 1 aromatic rings. The van der Waals surface area contributed by atoms with E-state index in [4.69, 9.17) is 17.3 Å². The third-order valence-electron chi connectivity index (χ3n) is 3.40. The van der Waals surface area contributed by atoms with Gasteiger partial charge < -0.3 is 16.4 Å². The van der Waals surface area contributed by atoms with Crippen LogP contribution in [-0.2, 0) is 0 Å². The van der Waals surface area contributed by atoms with Crippen LogP contribution in [0.4, 0.5) is 10.5 Å². The minimum absolute atomic E-state index is 0.253. The first-order valence-electron chi connectivity index (χ1n) is 7.30. The van der Waals surface area contributed by atoms with Crippen LogP contribution in [0.25, 0.3) is 0 Å². The number of allylic oxidation sites excluding steroid dienone is 1. The van der Waals surface area contributed by atoms with Gasteiger partial charge in [0.05, 0.1) is 11.9 Å². The van der Waals surface area contributed by atoms with Crippen molar-refractivity contribution in [1.82, 2.24) is 10.6 Å². The monoisotopic (exact) mass is 332 g/mol. The smallest absolute Gasteiger partial charge is 0.328 e. The predicted octanol–water partition coefficient (Wildman–Crippen LogP) is 1.46. The molecule has 2 bridgehead atoms. The molecule has 0 aromatic heterocycles. The van der Waals surface area contributed by atoms with Crippen LogP contribution in [0.3, 0.4) is 0 Å². The molecular weight excluding hydrogens is 316 g/mol. The number of benzene rings is 1. The van der Waals surface area contributed by atoms with Crippen molar-refractivity contribution in [1.29, 1.82) is 0 Å². The fourth-order valence-corrected chi connectivity index (χ4v) is 2.53. The highest BCUT2D eigenvalue weighted by Gasteiger charge is 2.31. The van der Waals surface area contributed by atoms with Crippen molar-refractivity contribution >= 4 is 35.5 Å². The first-order chi connectivity index (χ1) is 11.2. The summed E-state index contributed by atoms with van der Waals surface area (Å²) in [6.07, 6.45) is 3.84. The molecule has 2 heterocycles. The minimum atomic E-state index is -0.392. The van der Waals surface area contributed by atoms with Crippen molar-refractivity contribution < 1.29 is 4.79 Å². The highest BCUT2D eigenvalue weighted by atomic mass is 35.5. The van der Waals surface area contributed by atoms with Crippen LogP contribution in [0.5, 0.6) is 0 Å². The van der Waals surface area contributed by atoms with Crippen LogP contribution in [0.2, 0.25) is 5.02 Å². The molecule has 2 amide bonds. The van der Waals surface area contributed by atoms with Crippen molar-refractivity contribution in [3.8, 4) is 0 Å². The summed E-state index contributed by atoms with van der Waals surface area (Å²) in [5.41, 5.74) is 6.80. The number of carbonyl (C=O) groups is 1. The van der Waals surface area contributed by atoms with Gasteiger partial charge in [0.2, 0.25) is 5.96 Å². The lowest BCUT2D eigenvalue weighted by Crippen LogP contribution is -2.55. The third-order valence-corrected chi connectivity index (χ3v) is 3.63. The number of hydrogen-bond donors (Lipinski definition) is 3. The van der Waals surface area contributed by atoms with Gasteiger partial charge in [0, 0.05) is 17.3 Å². The SMILES string of the molecule is NCCCN=C1N=CC2=CC(N1)N(c1cccc(Cl)c1)C(=O)N2. The van der Waals surface area contributed by atoms with Crippen molar-refractivity contribution in [2.75, 3.05) is 18.0 Å². The Morgan fingerprint density at radius 3 is 3.09 bits per heavy atom. The summed E-state index contributed by atoms with van der Waals surface area (Å²) >= 11 is 6.04. The van der Waals surface area contributed by atoms with E-state index in [1.807, 2.05) is 12.1 Å². The van der Waals surface area contributed by atoms with Gasteiger partial charge in [-0.25, -0.2) is 9.79 Å². The second kappa shape index (κ2) is 6.80. The molecule has 0 radical (unpaired) electrons. The van der Waals surface area contributed by atoms with E-state index in [-0.39, 0.29) is 6.03 Å². The molecule has 23 heavy (non-hydrogen) atoms. The van der Waals surface area contributed by atoms with E-state index in [0.29, 0.717) is 35.5 Å². The molecule has 1 aromatic carbocycles. The Balaban J connectivity index is 1.88. The second-order valence-corrected chi connectivity index (χ2v) is 5.53. The number of hydrogen-bond acceptors (Lipinski definition) is 3. The van der Waals surface area contributed by atoms with Crippen LogP contribution < -0.4 is 21.3 Å². The van der Waals surface area contributed by atoms with Gasteiger partial charge in [-0.05, 0) is 37.2 Å². The number of nitrogens with one attached hydrogen (secondary N) is 2. The van der Waals surface area contributed by atoms with Crippen molar-refractivity contribution in [3.05, 3.63) is 41.1 Å². The number of halogens is 1. The average Bonchev–Trinajstić information content (AvgIpc) is 2.67. The highest BCUT2D eigenvalue weighted by molar-refractivity contribution is 6.31. The quantitative estimate of drug-likeness (QED) is 0.728. The lowest BCUT2D eigenvalue weighted by molar-refractivity contribution is 0.246. The Morgan fingerprint density at radius 1 is 1.43 bits per heavy atom. The van der Waals surface area contributed by atoms with E-state index in [0.717, 1.165) is 6.42 Å². The number of fused-ring (bicyclic) bond motifs is 1. The van der Waals surface area contributed by atoms with E-state index in [9.17, 15) is 4.79 Å². The Bertz CT molecular complexity index is 699. The summed E-state index contributed by atoms with van der Waals surface area (Å²) in [5.74, 6) is 0.471. The van der Waals surface area contributed by atoms with E-state index in [1.54, 1.807) is 29.3 Å². The number of urea groups is 1. The fourth-order valence-electron chi connectivity index (χ4n) is 2.34. The average molecular weight is 333 g/mol. The van der Waals surface area contributed by atoms with Gasteiger partial charge in [-0.2, -0.15) is 0 Å². The maximum absolute atomic E-state index is 12.4. The lowest BCUT2D eigenvalue weighted by atomic mass is 10.2. The Labute approximate surface area is 138 Å². The highest BCUT2D eigenvalue weighted by Crippen LogP contribution is 2.24. The summed E-state index contributed by atoms with van der Waals surface area (Å²) in [4.78, 5) is 22.6. The van der Waals surface area contributed by atoms with Crippen molar-refractivity contribution in [2.24, 2.45) is 15.7 Å². The lowest BCUT2D eigenvalue weighted by Gasteiger charge is -2.33. The van der Waals surface area contributed by atoms with Crippen LogP contribution in [0.15, 0.2) is 46.0 Å². The van der Waals surface area contributed by atoms with Crippen LogP contribution in [0.1, 0.15) is 6.42 Å². The first-order valence-corrected chi connectivity index (χ1v) is 7.68. The number of anilines is 1. The van der Waals surface area contributed by atoms with Gasteiger partial charge in [-0.15, -0.1) is 0 Å². The molecule has 3 rings (SSSR count). The number of nitrogens with zero attached hydrogens (tertiary/aromatic N) is 3. The number of guanidine groups is 1. The summed E-state index contributed by atoms with van der Waals surface area (Å²) in [5, 5.41) is 6.51. The van der Waals surface area contributed by atoms with E-state index < -0.39 is 6.17 Å². The fraction of sp³-hybridized carbons (Fsp3) is 0.267. The maximum Gasteiger partial charge on any atom is 0.328 e. The molecule has 1 atom stereocenters. The van der Waals surface area contributed by atoms with Crippen molar-refractivity contribution in [3.63, 3.8) is 0 Å². The zero-order valence-corrected chi connectivity index (χ0v) is 13.1. The summed E-state index contributed by atoms with van der Waals surface area (Å²) in [7, 11) is 0. The van der Waals surface area contributed by atoms with Crippen LogP contribution >= 0.6 is 11.6 Å². The van der Waals surface area contributed by atoms with E-state index >= 15 is 0 Å². The Kier molecular flexibility index (Phi) is 4.59. The zero-order valence-electron chi connectivity index (χ0n) is 12.4. The molecule has 0 aliphatic carbocycles. The molecule has 2 aliphatic heterocycles. The van der Waals surface area contributed by atoms with Gasteiger partial charge >= 0.3 is 6.03 Å². The Hall–Kier alpha value is -2.38. The zero-order chi connectivity index (χ0) is 16.2. The molecule has 120 valence electrons. The second-order valence-electron chi connectivity index (χ2n) is 5.10. The molecule has 2 aliphatic rings. The Morgan fingerprint density at radius 2 is 2.30 bits per heavy atom. The van der Waals surface area contributed by atoms with Gasteiger partial charge in [0.15, 0.2) is 0 Å². The van der Waals surface area contributed by atoms with Gasteiger partial charge in [0.1, 0.15) is 6.17 Å². The minimum Gasteiger partial charge on any atom is -0.330 e. The molecule has 8 heteroatoms. The summed E-state index contributed by atoms with van der Waals surface area (Å²) in [6.45, 7) is 1.15. The number of amides is 2. The molecule has 0 fully saturated rings. The van der Waals surface area contributed by atoms with Crippen LogP contribution in [0, 0.1) is 0 Å². The van der Waals surface area contributed by atoms with Crippen molar-refractivity contribution in [2.45, 2.75) is 12.6 Å². The predicted molar refractivity (Wildman–Crippen MR) is 91.9 cm³/mol. The molecule has 0 saturated carbocycles. The first kappa shape index (κ1) is 15.5. The van der Waals surface area contributed by atoms with E-state index in [1.165, 1.54) is 0 Å². The van der Waals surface area contributed by atoms with Gasteiger partial charge in [-0.1, -0.05) is 17.7 Å². The molecule has 1 unspecified atom stereocenters. The number of aliphatic imine (C=N–C) groups is 2. The maximum atomic E-state index is 12.4. The normalized spacial score (nSPS) is 21.6. The number of rotatable bonds is 4. The molecule has 0 saturated heterocycles. The standard InChI is InChI=1S/C15H17ClN6O/c16-10-3-1-4-12(7-10)22-13-8-11(20-15(22)23)9-19-14(21-13)18-6-2-5-17/h1,3-4,7-9,13H,2,5-6,17H2,(H,18,21)(H,20,23). The van der Waals surface area contributed by atoms with Gasteiger partial charge in [-0.3, -0.25) is 9.89 Å². The van der Waals surface area contributed by atoms with E-state index in [2.05, 4.69) is 20.6 Å².